The highest BCUT2D eigenvalue weighted by Gasteiger charge is 2.17. The van der Waals surface area contributed by atoms with E-state index in [0.717, 1.165) is 30.6 Å². The number of ether oxygens (including phenoxy) is 2. The molecule has 0 saturated heterocycles. The molecule has 44 heavy (non-hydrogen) atoms. The van der Waals surface area contributed by atoms with E-state index in [2.05, 4.69) is 34.1 Å². The lowest BCUT2D eigenvalue weighted by Gasteiger charge is -2.25. The molecule has 0 saturated carbocycles. The molecule has 4 aromatic carbocycles. The highest BCUT2D eigenvalue weighted by atomic mass is 16.5. The number of hydrogen-bond donors (Lipinski definition) is 1. The van der Waals surface area contributed by atoms with E-state index < -0.39 is 6.10 Å². The number of carbonyl (C=O) groups is 1. The zero-order chi connectivity index (χ0) is 30.7. The number of nitrogens with zero attached hydrogens (tertiary/aromatic N) is 3. The molecule has 0 aliphatic carbocycles. The fourth-order valence-electron chi connectivity index (χ4n) is 5.04. The SMILES string of the molecule is CCN(C)C(=O)c1cccc2c(Oc3ccc(CCN(Cc4ccccc4)CC(O)COc4ccccc4)cc3)ccnc12. The maximum Gasteiger partial charge on any atom is 0.255 e. The molecule has 7 heteroatoms. The fourth-order valence-corrected chi connectivity index (χ4v) is 5.04. The second-order valence-corrected chi connectivity index (χ2v) is 10.8. The van der Waals surface area contributed by atoms with Crippen molar-refractivity contribution < 1.29 is 19.4 Å². The van der Waals surface area contributed by atoms with E-state index in [9.17, 15) is 9.90 Å². The molecule has 0 aliphatic heterocycles. The van der Waals surface area contributed by atoms with Gasteiger partial charge in [-0.3, -0.25) is 14.7 Å². The van der Waals surface area contributed by atoms with Crippen LogP contribution in [0.5, 0.6) is 17.2 Å². The second kappa shape index (κ2) is 15.1. The quantitative estimate of drug-likeness (QED) is 0.157. The van der Waals surface area contributed by atoms with Crippen LogP contribution in [0.15, 0.2) is 115 Å². The molecule has 0 fully saturated rings. The molecule has 226 valence electrons. The van der Waals surface area contributed by atoms with Gasteiger partial charge in [0.25, 0.3) is 5.91 Å². The molecular weight excluding hydrogens is 550 g/mol. The minimum atomic E-state index is -0.622. The van der Waals surface area contributed by atoms with Gasteiger partial charge in [-0.2, -0.15) is 0 Å². The summed E-state index contributed by atoms with van der Waals surface area (Å²) in [5.74, 6) is 2.04. The number of hydrogen-bond acceptors (Lipinski definition) is 6. The molecule has 0 aliphatic rings. The monoisotopic (exact) mass is 589 g/mol. The number of benzene rings is 4. The van der Waals surface area contributed by atoms with E-state index in [0.29, 0.717) is 35.7 Å². The Morgan fingerprint density at radius 2 is 1.57 bits per heavy atom. The number of carbonyl (C=O) groups excluding carboxylic acids is 1. The van der Waals surface area contributed by atoms with Crippen molar-refractivity contribution >= 4 is 16.8 Å². The molecule has 1 atom stereocenters. The number of aliphatic hydroxyl groups is 1. The largest absolute Gasteiger partial charge is 0.491 e. The maximum absolute atomic E-state index is 12.9. The van der Waals surface area contributed by atoms with Gasteiger partial charge in [-0.1, -0.05) is 66.7 Å². The van der Waals surface area contributed by atoms with Gasteiger partial charge in [-0.05, 0) is 66.9 Å². The van der Waals surface area contributed by atoms with Crippen molar-refractivity contribution in [3.8, 4) is 17.2 Å². The highest BCUT2D eigenvalue weighted by Crippen LogP contribution is 2.31. The normalized spacial score (nSPS) is 11.8. The fraction of sp³-hybridized carbons (Fsp3) is 0.243. The average molecular weight is 590 g/mol. The van der Waals surface area contributed by atoms with Gasteiger partial charge in [0.05, 0.1) is 11.1 Å². The van der Waals surface area contributed by atoms with E-state index in [1.807, 2.05) is 85.8 Å². The van der Waals surface area contributed by atoms with Crippen molar-refractivity contribution in [2.24, 2.45) is 0 Å². The van der Waals surface area contributed by atoms with Crippen LogP contribution in [0.3, 0.4) is 0 Å². The second-order valence-electron chi connectivity index (χ2n) is 10.8. The molecule has 0 bridgehead atoms. The van der Waals surface area contributed by atoms with E-state index >= 15 is 0 Å². The van der Waals surface area contributed by atoms with Crippen LogP contribution in [-0.4, -0.2) is 65.2 Å². The summed E-state index contributed by atoms with van der Waals surface area (Å²) in [5, 5.41) is 11.6. The summed E-state index contributed by atoms with van der Waals surface area (Å²) < 4.78 is 12.1. The van der Waals surface area contributed by atoms with Crippen molar-refractivity contribution in [1.82, 2.24) is 14.8 Å². The van der Waals surface area contributed by atoms with Crippen molar-refractivity contribution in [2.45, 2.75) is 26.0 Å². The average Bonchev–Trinajstić information content (AvgIpc) is 3.07. The standard InChI is InChI=1S/C37H39N3O4/c1-3-39(2)37(42)34-16-10-15-33-35(21-23-38-36(33)34)44-32-19-17-28(18-20-32)22-24-40(25-29-11-6-4-7-12-29)26-30(41)27-43-31-13-8-5-9-14-31/h4-21,23,30,41H,3,22,24-27H2,1-2H3. The highest BCUT2D eigenvalue weighted by molar-refractivity contribution is 6.06. The third-order valence-corrected chi connectivity index (χ3v) is 7.55. The van der Waals surface area contributed by atoms with Crippen LogP contribution in [0.25, 0.3) is 10.9 Å². The molecule has 1 aromatic heterocycles. The molecule has 5 aromatic rings. The number of fused-ring (bicyclic) bond motifs is 1. The zero-order valence-corrected chi connectivity index (χ0v) is 25.3. The van der Waals surface area contributed by atoms with Crippen LogP contribution < -0.4 is 9.47 Å². The number of pyridine rings is 1. The first-order valence-electron chi connectivity index (χ1n) is 15.0. The van der Waals surface area contributed by atoms with Crippen molar-refractivity contribution in [3.63, 3.8) is 0 Å². The maximum atomic E-state index is 12.9. The molecule has 1 amide bonds. The molecule has 1 unspecified atom stereocenters. The van der Waals surface area contributed by atoms with Gasteiger partial charge in [0, 0.05) is 44.8 Å². The smallest absolute Gasteiger partial charge is 0.255 e. The molecule has 1 N–H and O–H groups in total. The van der Waals surface area contributed by atoms with Gasteiger partial charge in [0.2, 0.25) is 0 Å². The Morgan fingerprint density at radius 1 is 0.841 bits per heavy atom. The molecular formula is C37H39N3O4. The van der Waals surface area contributed by atoms with Crippen LogP contribution in [-0.2, 0) is 13.0 Å². The van der Waals surface area contributed by atoms with Gasteiger partial charge in [-0.15, -0.1) is 0 Å². The van der Waals surface area contributed by atoms with E-state index in [-0.39, 0.29) is 12.5 Å². The Morgan fingerprint density at radius 3 is 2.30 bits per heavy atom. The Kier molecular flexibility index (Phi) is 10.6. The number of aromatic nitrogens is 1. The topological polar surface area (TPSA) is 75.1 Å². The van der Waals surface area contributed by atoms with Gasteiger partial charge in [0.15, 0.2) is 0 Å². The molecule has 7 nitrogen and oxygen atoms in total. The minimum Gasteiger partial charge on any atom is -0.491 e. The summed E-state index contributed by atoms with van der Waals surface area (Å²) in [4.78, 5) is 21.3. The number of aliphatic hydroxyl groups excluding tert-OH is 1. The van der Waals surface area contributed by atoms with Gasteiger partial charge < -0.3 is 19.5 Å². The van der Waals surface area contributed by atoms with Crippen molar-refractivity contribution in [2.75, 3.05) is 33.3 Å². The number of para-hydroxylation sites is 2. The zero-order valence-electron chi connectivity index (χ0n) is 25.3. The number of amides is 1. The van der Waals surface area contributed by atoms with E-state index in [1.165, 1.54) is 11.1 Å². The van der Waals surface area contributed by atoms with Crippen LogP contribution in [0.2, 0.25) is 0 Å². The first-order chi connectivity index (χ1) is 21.5. The van der Waals surface area contributed by atoms with E-state index in [1.54, 1.807) is 24.2 Å². The first kappa shape index (κ1) is 30.7. The Hall–Kier alpha value is -4.72. The first-order valence-corrected chi connectivity index (χ1v) is 15.0. The summed E-state index contributed by atoms with van der Waals surface area (Å²) in [7, 11) is 1.78. The number of rotatable bonds is 14. The third kappa shape index (κ3) is 8.22. The van der Waals surface area contributed by atoms with Crippen LogP contribution in [0, 0.1) is 0 Å². The third-order valence-electron chi connectivity index (χ3n) is 7.55. The van der Waals surface area contributed by atoms with Gasteiger partial charge >= 0.3 is 0 Å². The lowest BCUT2D eigenvalue weighted by atomic mass is 10.1. The van der Waals surface area contributed by atoms with Crippen LogP contribution in [0.1, 0.15) is 28.4 Å². The molecule has 5 rings (SSSR count). The van der Waals surface area contributed by atoms with Crippen molar-refractivity contribution in [3.05, 3.63) is 132 Å². The lowest BCUT2D eigenvalue weighted by molar-refractivity contribution is 0.0659. The molecule has 0 spiro atoms. The van der Waals surface area contributed by atoms with Gasteiger partial charge in [-0.25, -0.2) is 0 Å². The van der Waals surface area contributed by atoms with Crippen LogP contribution >= 0.6 is 0 Å². The van der Waals surface area contributed by atoms with Crippen molar-refractivity contribution in [1.29, 1.82) is 0 Å². The lowest BCUT2D eigenvalue weighted by Crippen LogP contribution is -2.36. The van der Waals surface area contributed by atoms with E-state index in [4.69, 9.17) is 9.47 Å². The summed E-state index contributed by atoms with van der Waals surface area (Å²) in [6.07, 6.45) is 1.87. The predicted molar refractivity (Wildman–Crippen MR) is 174 cm³/mol. The minimum absolute atomic E-state index is 0.0651. The molecule has 0 radical (unpaired) electrons. The summed E-state index contributed by atoms with van der Waals surface area (Å²) in [6, 6.07) is 35.3. The summed E-state index contributed by atoms with van der Waals surface area (Å²) >= 11 is 0. The summed E-state index contributed by atoms with van der Waals surface area (Å²) in [6.45, 7) is 4.80. The van der Waals surface area contributed by atoms with Gasteiger partial charge in [0.1, 0.15) is 30.0 Å². The Labute approximate surface area is 259 Å². The Balaban J connectivity index is 1.23. The Bertz CT molecular complexity index is 1630. The molecule has 1 heterocycles. The summed E-state index contributed by atoms with van der Waals surface area (Å²) in [5.41, 5.74) is 3.55. The predicted octanol–water partition coefficient (Wildman–Crippen LogP) is 6.60. The van der Waals surface area contributed by atoms with Crippen LogP contribution in [0.4, 0.5) is 0 Å².